The van der Waals surface area contributed by atoms with E-state index >= 15 is 0 Å². The van der Waals surface area contributed by atoms with Gasteiger partial charge in [0.2, 0.25) is 0 Å². The highest BCUT2D eigenvalue weighted by atomic mass is 35.5. The van der Waals surface area contributed by atoms with Gasteiger partial charge >= 0.3 is 5.97 Å². The Hall–Kier alpha value is -3.26. The maximum Gasteiger partial charge on any atom is 0.341 e. The van der Waals surface area contributed by atoms with Crippen molar-refractivity contribution < 1.29 is 28.9 Å². The van der Waals surface area contributed by atoms with E-state index in [-0.39, 0.29) is 10.8 Å². The third-order valence-corrected chi connectivity index (χ3v) is 3.71. The first kappa shape index (κ1) is 21.0. The average molecular weight is 407 g/mol. The Balaban J connectivity index is 2.01. The average Bonchev–Trinajstić information content (AvgIpc) is 2.67. The summed E-state index contributed by atoms with van der Waals surface area (Å²) in [6.45, 7) is 1.84. The molecular formula is C19H19ClN2O6. The van der Waals surface area contributed by atoms with Crippen molar-refractivity contribution in [2.24, 2.45) is 5.10 Å². The van der Waals surface area contributed by atoms with Crippen LogP contribution in [-0.4, -0.2) is 43.5 Å². The van der Waals surface area contributed by atoms with Crippen LogP contribution in [0.4, 0.5) is 0 Å². The summed E-state index contributed by atoms with van der Waals surface area (Å²) >= 11 is 6.03. The molecule has 0 fully saturated rings. The molecule has 2 aromatic carbocycles. The number of nitrogens with one attached hydrogen (secondary N) is 1. The third kappa shape index (κ3) is 5.88. The van der Waals surface area contributed by atoms with E-state index in [1.54, 1.807) is 24.3 Å². The summed E-state index contributed by atoms with van der Waals surface area (Å²) in [5, 5.41) is 12.7. The maximum atomic E-state index is 12.2. The van der Waals surface area contributed by atoms with E-state index in [1.165, 1.54) is 25.5 Å². The number of carboxylic acids is 1. The Labute approximate surface area is 166 Å². The number of carbonyl (C=O) groups is 2. The molecule has 0 aliphatic heterocycles. The summed E-state index contributed by atoms with van der Waals surface area (Å²) < 4.78 is 15.7. The smallest absolute Gasteiger partial charge is 0.341 e. The molecule has 0 aliphatic rings. The number of hydrogen-bond acceptors (Lipinski definition) is 6. The SMILES string of the molecule is CCOc1ccc(C(=O)N/N=C/c2ccc(OCC(=O)O)c(Cl)c2)cc1OC. The molecule has 0 heterocycles. The number of aliphatic carboxylic acids is 1. The van der Waals surface area contributed by atoms with Crippen molar-refractivity contribution >= 4 is 29.7 Å². The van der Waals surface area contributed by atoms with Gasteiger partial charge in [0, 0.05) is 5.56 Å². The summed E-state index contributed by atoms with van der Waals surface area (Å²) in [5.74, 6) is -0.292. The quantitative estimate of drug-likeness (QED) is 0.489. The van der Waals surface area contributed by atoms with Crippen molar-refractivity contribution in [3.05, 3.63) is 52.5 Å². The molecule has 0 saturated heterocycles. The fourth-order valence-corrected chi connectivity index (χ4v) is 2.41. The van der Waals surface area contributed by atoms with Crippen LogP contribution >= 0.6 is 11.6 Å². The number of benzene rings is 2. The Morgan fingerprint density at radius 2 is 1.89 bits per heavy atom. The first-order valence-corrected chi connectivity index (χ1v) is 8.60. The predicted octanol–water partition coefficient (Wildman–Crippen LogP) is 2.97. The summed E-state index contributed by atoms with van der Waals surface area (Å²) in [7, 11) is 1.49. The van der Waals surface area contributed by atoms with E-state index in [4.69, 9.17) is 30.9 Å². The second-order valence-corrected chi connectivity index (χ2v) is 5.78. The summed E-state index contributed by atoms with van der Waals surface area (Å²) in [5.41, 5.74) is 3.36. The zero-order chi connectivity index (χ0) is 20.5. The molecule has 0 atom stereocenters. The van der Waals surface area contributed by atoms with E-state index in [0.29, 0.717) is 29.2 Å². The fourth-order valence-electron chi connectivity index (χ4n) is 2.17. The number of carbonyl (C=O) groups excluding carboxylic acids is 1. The molecule has 0 aromatic heterocycles. The second kappa shape index (κ2) is 10.2. The van der Waals surface area contributed by atoms with Gasteiger partial charge < -0.3 is 19.3 Å². The number of hydrazone groups is 1. The van der Waals surface area contributed by atoms with Gasteiger partial charge in [0.1, 0.15) is 5.75 Å². The third-order valence-electron chi connectivity index (χ3n) is 3.41. The van der Waals surface area contributed by atoms with Crippen LogP contribution in [0.3, 0.4) is 0 Å². The van der Waals surface area contributed by atoms with Crippen LogP contribution in [-0.2, 0) is 4.79 Å². The van der Waals surface area contributed by atoms with Crippen molar-refractivity contribution in [1.29, 1.82) is 0 Å². The second-order valence-electron chi connectivity index (χ2n) is 5.37. The van der Waals surface area contributed by atoms with E-state index in [2.05, 4.69) is 10.5 Å². The number of ether oxygens (including phenoxy) is 3. The highest BCUT2D eigenvalue weighted by Crippen LogP contribution is 2.28. The van der Waals surface area contributed by atoms with Crippen molar-refractivity contribution in [3.8, 4) is 17.2 Å². The highest BCUT2D eigenvalue weighted by Gasteiger charge is 2.10. The van der Waals surface area contributed by atoms with Gasteiger partial charge in [-0.05, 0) is 48.9 Å². The number of nitrogens with zero attached hydrogens (tertiary/aromatic N) is 1. The molecule has 0 saturated carbocycles. The lowest BCUT2D eigenvalue weighted by Gasteiger charge is -2.10. The lowest BCUT2D eigenvalue weighted by molar-refractivity contribution is -0.139. The Bertz CT molecular complexity index is 885. The minimum absolute atomic E-state index is 0.229. The minimum atomic E-state index is -1.10. The first-order chi connectivity index (χ1) is 13.4. The van der Waals surface area contributed by atoms with Crippen molar-refractivity contribution in [2.75, 3.05) is 20.3 Å². The Morgan fingerprint density at radius 1 is 1.14 bits per heavy atom. The topological polar surface area (TPSA) is 106 Å². The van der Waals surface area contributed by atoms with Crippen LogP contribution in [0.15, 0.2) is 41.5 Å². The zero-order valence-corrected chi connectivity index (χ0v) is 16.0. The van der Waals surface area contributed by atoms with Gasteiger partial charge in [-0.2, -0.15) is 5.10 Å². The van der Waals surface area contributed by atoms with Gasteiger partial charge in [0.25, 0.3) is 5.91 Å². The molecule has 28 heavy (non-hydrogen) atoms. The standard InChI is InChI=1S/C19H19ClN2O6/c1-3-27-16-7-5-13(9-17(16)26-2)19(25)22-21-10-12-4-6-15(14(20)8-12)28-11-18(23)24/h4-10H,3,11H2,1-2H3,(H,22,25)(H,23,24)/b21-10+. The van der Waals surface area contributed by atoms with E-state index < -0.39 is 18.5 Å². The van der Waals surface area contributed by atoms with Crippen LogP contribution in [0, 0.1) is 0 Å². The van der Waals surface area contributed by atoms with E-state index in [0.717, 1.165) is 0 Å². The normalized spacial score (nSPS) is 10.5. The van der Waals surface area contributed by atoms with Crippen molar-refractivity contribution in [3.63, 3.8) is 0 Å². The molecule has 0 spiro atoms. The summed E-state index contributed by atoms with van der Waals surface area (Å²) in [6, 6.07) is 9.49. The lowest BCUT2D eigenvalue weighted by atomic mass is 10.2. The van der Waals surface area contributed by atoms with Gasteiger partial charge in [-0.25, -0.2) is 10.2 Å². The molecule has 1 amide bonds. The van der Waals surface area contributed by atoms with Gasteiger partial charge in [0.05, 0.1) is 25.0 Å². The van der Waals surface area contributed by atoms with Gasteiger partial charge in [-0.15, -0.1) is 0 Å². The Kier molecular flexibility index (Phi) is 7.65. The molecule has 0 unspecified atom stereocenters. The molecule has 0 bridgehead atoms. The van der Waals surface area contributed by atoms with Crippen molar-refractivity contribution in [1.82, 2.24) is 5.43 Å². The van der Waals surface area contributed by atoms with Gasteiger partial charge in [-0.3, -0.25) is 4.79 Å². The molecule has 0 radical (unpaired) electrons. The van der Waals surface area contributed by atoms with Crippen LogP contribution in [0.2, 0.25) is 5.02 Å². The van der Waals surface area contributed by atoms with Gasteiger partial charge in [-0.1, -0.05) is 11.6 Å². The van der Waals surface area contributed by atoms with E-state index in [1.807, 2.05) is 6.92 Å². The maximum absolute atomic E-state index is 12.2. The molecule has 0 aliphatic carbocycles. The number of amides is 1. The number of carboxylic acid groups (broad SMARTS) is 1. The van der Waals surface area contributed by atoms with Gasteiger partial charge in [0.15, 0.2) is 18.1 Å². The molecule has 8 nitrogen and oxygen atoms in total. The lowest BCUT2D eigenvalue weighted by Crippen LogP contribution is -2.17. The molecule has 2 aromatic rings. The zero-order valence-electron chi connectivity index (χ0n) is 15.3. The number of halogens is 1. The van der Waals surface area contributed by atoms with Crippen LogP contribution in [0.25, 0.3) is 0 Å². The minimum Gasteiger partial charge on any atom is -0.493 e. The van der Waals surface area contributed by atoms with E-state index in [9.17, 15) is 9.59 Å². The largest absolute Gasteiger partial charge is 0.493 e. The first-order valence-electron chi connectivity index (χ1n) is 8.23. The van der Waals surface area contributed by atoms with Crippen LogP contribution < -0.4 is 19.6 Å². The molecule has 2 N–H and O–H groups in total. The molecular weight excluding hydrogens is 388 g/mol. The summed E-state index contributed by atoms with van der Waals surface area (Å²) in [4.78, 5) is 22.7. The monoisotopic (exact) mass is 406 g/mol. The molecule has 9 heteroatoms. The Morgan fingerprint density at radius 3 is 2.54 bits per heavy atom. The molecule has 2 rings (SSSR count). The highest BCUT2D eigenvalue weighted by molar-refractivity contribution is 6.32. The summed E-state index contributed by atoms with van der Waals surface area (Å²) in [6.07, 6.45) is 1.40. The van der Waals surface area contributed by atoms with Crippen molar-refractivity contribution in [2.45, 2.75) is 6.92 Å². The van der Waals surface area contributed by atoms with Crippen LogP contribution in [0.1, 0.15) is 22.8 Å². The number of hydrogen-bond donors (Lipinski definition) is 2. The number of methoxy groups -OCH3 is 1. The van der Waals surface area contributed by atoms with Crippen LogP contribution in [0.5, 0.6) is 17.2 Å². The predicted molar refractivity (Wildman–Crippen MR) is 104 cm³/mol. The molecule has 148 valence electrons. The fraction of sp³-hybridized carbons (Fsp3) is 0.211. The number of rotatable bonds is 9.